The summed E-state index contributed by atoms with van der Waals surface area (Å²) in [4.78, 5) is 13.2. The van der Waals surface area contributed by atoms with Crippen molar-refractivity contribution in [2.45, 2.75) is 62.2 Å². The van der Waals surface area contributed by atoms with Crippen LogP contribution in [0.2, 0.25) is 0 Å². The molecule has 2 aromatic rings. The maximum absolute atomic E-state index is 13.1. The maximum atomic E-state index is 13.1. The first kappa shape index (κ1) is 20.3. The predicted octanol–water partition coefficient (Wildman–Crippen LogP) is 3.83. The summed E-state index contributed by atoms with van der Waals surface area (Å²) < 4.78 is 39.6. The summed E-state index contributed by atoms with van der Waals surface area (Å²) in [5.41, 5.74) is 1.55. The summed E-state index contributed by atoms with van der Waals surface area (Å²) in [6, 6.07) is 11.3. The van der Waals surface area contributed by atoms with E-state index in [2.05, 4.69) is 5.32 Å². The van der Waals surface area contributed by atoms with E-state index in [1.807, 2.05) is 6.92 Å². The van der Waals surface area contributed by atoms with Crippen molar-refractivity contribution in [1.29, 1.82) is 0 Å². The highest BCUT2D eigenvalue weighted by Gasteiger charge is 2.44. The Hall–Kier alpha value is -2.58. The van der Waals surface area contributed by atoms with Crippen LogP contribution in [0, 0.1) is 6.92 Å². The highest BCUT2D eigenvalue weighted by atomic mass is 32.2. The lowest BCUT2D eigenvalue weighted by molar-refractivity contribution is -0.119. The van der Waals surface area contributed by atoms with Crippen LogP contribution in [0.5, 0.6) is 11.5 Å². The quantitative estimate of drug-likeness (QED) is 0.778. The van der Waals surface area contributed by atoms with Gasteiger partial charge in [0.15, 0.2) is 11.5 Å². The summed E-state index contributed by atoms with van der Waals surface area (Å²) in [5.74, 6) is 0.414. The van der Waals surface area contributed by atoms with Gasteiger partial charge in [-0.15, -0.1) is 0 Å². The van der Waals surface area contributed by atoms with Crippen LogP contribution in [0.3, 0.4) is 0 Å². The smallest absolute Gasteiger partial charge is 0.251 e. The molecule has 2 aliphatic heterocycles. The lowest BCUT2D eigenvalue weighted by Gasteiger charge is -2.23. The van der Waals surface area contributed by atoms with Gasteiger partial charge in [-0.1, -0.05) is 17.7 Å². The molecule has 0 aromatic heterocycles. The Morgan fingerprint density at radius 3 is 2.48 bits per heavy atom. The molecule has 2 aromatic carbocycles. The van der Waals surface area contributed by atoms with E-state index < -0.39 is 21.9 Å². The summed E-state index contributed by atoms with van der Waals surface area (Å²) >= 11 is 0. The molecule has 1 saturated carbocycles. The van der Waals surface area contributed by atoms with E-state index >= 15 is 0 Å². The molecule has 0 radical (unpaired) electrons. The fourth-order valence-corrected chi connectivity index (χ4v) is 6.31. The number of nitrogens with zero attached hydrogens (tertiary/aromatic N) is 1. The Morgan fingerprint density at radius 1 is 1.03 bits per heavy atom. The molecule has 3 aliphatic rings. The highest BCUT2D eigenvalue weighted by molar-refractivity contribution is 7.89. The van der Waals surface area contributed by atoms with Gasteiger partial charge in [-0.2, -0.15) is 4.31 Å². The Morgan fingerprint density at radius 2 is 1.74 bits per heavy atom. The lowest BCUT2D eigenvalue weighted by atomic mass is 10.2. The fraction of sp³-hybridized carbons (Fsp3) is 0.435. The van der Waals surface area contributed by atoms with E-state index in [1.54, 1.807) is 42.5 Å². The molecular weight excluding hydrogens is 416 g/mol. The van der Waals surface area contributed by atoms with Gasteiger partial charge in [0.2, 0.25) is 15.9 Å². The SMILES string of the molecule is Cc1ccc(S(=O)(=O)N2CCC[C@@H]2C(=O)Nc2ccc3c(c2)OC2(CCCC2)O3)cc1. The molecule has 1 amide bonds. The molecule has 5 rings (SSSR count). The summed E-state index contributed by atoms with van der Waals surface area (Å²) in [6.07, 6.45) is 5.00. The first-order chi connectivity index (χ1) is 14.9. The normalized spacial score (nSPS) is 22.2. The Labute approximate surface area is 182 Å². The third-order valence-corrected chi connectivity index (χ3v) is 8.22. The van der Waals surface area contributed by atoms with Crippen molar-refractivity contribution in [2.75, 3.05) is 11.9 Å². The molecule has 164 valence electrons. The largest absolute Gasteiger partial charge is 0.448 e. The second-order valence-electron chi connectivity index (χ2n) is 8.56. The average Bonchev–Trinajstić information content (AvgIpc) is 3.48. The number of ether oxygens (including phenoxy) is 2. The third kappa shape index (κ3) is 3.68. The molecule has 0 bridgehead atoms. The number of benzene rings is 2. The van der Waals surface area contributed by atoms with Crippen LogP contribution in [-0.2, 0) is 14.8 Å². The van der Waals surface area contributed by atoms with Crippen LogP contribution in [0.15, 0.2) is 47.4 Å². The van der Waals surface area contributed by atoms with Gasteiger partial charge < -0.3 is 14.8 Å². The van der Waals surface area contributed by atoms with Gasteiger partial charge in [-0.3, -0.25) is 4.79 Å². The number of hydrogen-bond donors (Lipinski definition) is 1. The molecule has 1 atom stereocenters. The number of carbonyl (C=O) groups is 1. The molecule has 1 aliphatic carbocycles. The number of hydrogen-bond acceptors (Lipinski definition) is 5. The van der Waals surface area contributed by atoms with Gasteiger partial charge in [-0.25, -0.2) is 8.42 Å². The molecule has 31 heavy (non-hydrogen) atoms. The minimum atomic E-state index is -3.74. The maximum Gasteiger partial charge on any atom is 0.251 e. The van der Waals surface area contributed by atoms with Crippen LogP contribution in [0.25, 0.3) is 0 Å². The van der Waals surface area contributed by atoms with E-state index in [4.69, 9.17) is 9.47 Å². The van der Waals surface area contributed by atoms with Gasteiger partial charge in [-0.05, 0) is 56.9 Å². The first-order valence-electron chi connectivity index (χ1n) is 10.8. The van der Waals surface area contributed by atoms with E-state index in [0.717, 1.165) is 31.2 Å². The molecule has 1 spiro atoms. The minimum Gasteiger partial charge on any atom is -0.448 e. The zero-order valence-electron chi connectivity index (χ0n) is 17.5. The highest BCUT2D eigenvalue weighted by Crippen LogP contribution is 2.47. The van der Waals surface area contributed by atoms with Crippen molar-refractivity contribution < 1.29 is 22.7 Å². The minimum absolute atomic E-state index is 0.211. The predicted molar refractivity (Wildman–Crippen MR) is 116 cm³/mol. The number of fused-ring (bicyclic) bond motifs is 1. The molecule has 2 heterocycles. The van der Waals surface area contributed by atoms with E-state index in [0.29, 0.717) is 36.6 Å². The number of amides is 1. The van der Waals surface area contributed by atoms with Crippen LogP contribution in [0.1, 0.15) is 44.1 Å². The summed E-state index contributed by atoms with van der Waals surface area (Å²) in [6.45, 7) is 2.24. The number of carbonyl (C=O) groups excluding carboxylic acids is 1. The monoisotopic (exact) mass is 442 g/mol. The van der Waals surface area contributed by atoms with Crippen molar-refractivity contribution in [3.8, 4) is 11.5 Å². The number of rotatable bonds is 4. The zero-order valence-corrected chi connectivity index (χ0v) is 18.3. The van der Waals surface area contributed by atoms with E-state index in [1.165, 1.54) is 4.31 Å². The molecular formula is C23H26N2O5S. The molecule has 0 unspecified atom stereocenters. The van der Waals surface area contributed by atoms with Crippen molar-refractivity contribution in [2.24, 2.45) is 0 Å². The zero-order chi connectivity index (χ0) is 21.6. The lowest BCUT2D eigenvalue weighted by Crippen LogP contribution is -2.43. The average molecular weight is 443 g/mol. The molecule has 1 N–H and O–H groups in total. The molecule has 7 nitrogen and oxygen atoms in total. The second-order valence-corrected chi connectivity index (χ2v) is 10.5. The standard InChI is InChI=1S/C23H26N2O5S/c1-16-6-9-18(10-7-16)31(27,28)25-14-4-5-19(25)22(26)24-17-8-11-20-21(15-17)30-23(29-20)12-2-3-13-23/h6-11,15,19H,2-5,12-14H2,1H3,(H,24,26)/t19-/m1/s1. The van der Waals surface area contributed by atoms with Crippen molar-refractivity contribution in [3.63, 3.8) is 0 Å². The Balaban J connectivity index is 1.32. The molecule has 2 fully saturated rings. The number of aryl methyl sites for hydroxylation is 1. The van der Waals surface area contributed by atoms with Gasteiger partial charge >= 0.3 is 0 Å². The van der Waals surface area contributed by atoms with E-state index in [-0.39, 0.29) is 10.8 Å². The first-order valence-corrected chi connectivity index (χ1v) is 12.2. The number of sulfonamides is 1. The summed E-state index contributed by atoms with van der Waals surface area (Å²) in [5, 5.41) is 2.87. The second kappa shape index (κ2) is 7.53. The van der Waals surface area contributed by atoms with Gasteiger partial charge in [0.1, 0.15) is 6.04 Å². The fourth-order valence-electron chi connectivity index (χ4n) is 4.65. The molecule has 8 heteroatoms. The van der Waals surface area contributed by atoms with Gasteiger partial charge in [0.05, 0.1) is 4.90 Å². The van der Waals surface area contributed by atoms with Crippen molar-refractivity contribution in [1.82, 2.24) is 4.31 Å². The van der Waals surface area contributed by atoms with E-state index in [9.17, 15) is 13.2 Å². The van der Waals surface area contributed by atoms with Crippen LogP contribution in [0.4, 0.5) is 5.69 Å². The Bertz CT molecular complexity index is 1110. The Kier molecular flexibility index (Phi) is 4.94. The third-order valence-electron chi connectivity index (χ3n) is 6.30. The van der Waals surface area contributed by atoms with Crippen LogP contribution >= 0.6 is 0 Å². The topological polar surface area (TPSA) is 84.9 Å². The van der Waals surface area contributed by atoms with Gasteiger partial charge in [0, 0.05) is 31.1 Å². The van der Waals surface area contributed by atoms with Crippen molar-refractivity contribution >= 4 is 21.6 Å². The number of nitrogens with one attached hydrogen (secondary N) is 1. The summed E-state index contributed by atoms with van der Waals surface area (Å²) in [7, 11) is -3.74. The number of anilines is 1. The van der Waals surface area contributed by atoms with Gasteiger partial charge in [0.25, 0.3) is 5.79 Å². The van der Waals surface area contributed by atoms with Crippen LogP contribution < -0.4 is 14.8 Å². The van der Waals surface area contributed by atoms with Crippen molar-refractivity contribution in [3.05, 3.63) is 48.0 Å². The molecule has 1 saturated heterocycles. The van der Waals surface area contributed by atoms with Crippen LogP contribution in [-0.4, -0.2) is 37.0 Å².